The molecule has 1 fully saturated rings. The molecule has 0 bridgehead atoms. The van der Waals surface area contributed by atoms with Gasteiger partial charge in [-0.25, -0.2) is 4.39 Å². The summed E-state index contributed by atoms with van der Waals surface area (Å²) in [6.07, 6.45) is -1.94. The van der Waals surface area contributed by atoms with Gasteiger partial charge in [0.1, 0.15) is 5.82 Å². The lowest BCUT2D eigenvalue weighted by Gasteiger charge is -2.36. The van der Waals surface area contributed by atoms with E-state index in [4.69, 9.17) is 5.73 Å². The van der Waals surface area contributed by atoms with Crippen LogP contribution in [0.25, 0.3) is 0 Å². The van der Waals surface area contributed by atoms with Crippen LogP contribution in [0.5, 0.6) is 0 Å². The first-order valence-corrected chi connectivity index (χ1v) is 7.84. The van der Waals surface area contributed by atoms with Gasteiger partial charge >= 0.3 is 6.18 Å². The monoisotopic (exact) mass is 367 g/mol. The van der Waals surface area contributed by atoms with E-state index in [2.05, 4.69) is 15.9 Å². The van der Waals surface area contributed by atoms with Gasteiger partial charge in [-0.1, -0.05) is 28.8 Å². The zero-order chi connectivity index (χ0) is 15.6. The summed E-state index contributed by atoms with van der Waals surface area (Å²) in [5.41, 5.74) is 6.66. The lowest BCUT2D eigenvalue weighted by molar-refractivity contribution is -0.198. The van der Waals surface area contributed by atoms with Gasteiger partial charge in [-0.2, -0.15) is 13.2 Å². The van der Waals surface area contributed by atoms with E-state index in [-0.39, 0.29) is 12.8 Å². The Morgan fingerprint density at radius 1 is 1.19 bits per heavy atom. The van der Waals surface area contributed by atoms with Crippen molar-refractivity contribution >= 4 is 15.9 Å². The van der Waals surface area contributed by atoms with Crippen LogP contribution in [0.1, 0.15) is 31.2 Å². The van der Waals surface area contributed by atoms with E-state index < -0.39 is 29.9 Å². The van der Waals surface area contributed by atoms with Gasteiger partial charge in [0, 0.05) is 10.5 Å². The predicted octanol–water partition coefficient (Wildman–Crippen LogP) is 4.83. The summed E-state index contributed by atoms with van der Waals surface area (Å²) >= 11 is 3.18. The van der Waals surface area contributed by atoms with Crippen LogP contribution in [0.4, 0.5) is 17.6 Å². The normalized spacial score (nSPS) is 24.9. The van der Waals surface area contributed by atoms with Gasteiger partial charge in [-0.05, 0) is 48.9 Å². The average Bonchev–Trinajstić information content (AvgIpc) is 2.36. The first kappa shape index (κ1) is 16.7. The molecule has 0 amide bonds. The zero-order valence-corrected chi connectivity index (χ0v) is 13.1. The van der Waals surface area contributed by atoms with Crippen LogP contribution in [0.2, 0.25) is 0 Å². The lowest BCUT2D eigenvalue weighted by atomic mass is 9.73. The number of alkyl halides is 3. The lowest BCUT2D eigenvalue weighted by Crippen LogP contribution is -2.44. The number of benzene rings is 1. The minimum Gasteiger partial charge on any atom is -0.327 e. The molecular weight excluding hydrogens is 350 g/mol. The molecule has 2 rings (SSSR count). The fourth-order valence-electron chi connectivity index (χ4n) is 3.23. The summed E-state index contributed by atoms with van der Waals surface area (Å²) in [5, 5.41) is 0. The van der Waals surface area contributed by atoms with Crippen molar-refractivity contribution in [2.24, 2.45) is 17.6 Å². The molecule has 1 nitrogen and oxygen atoms in total. The number of halogens is 5. The molecule has 3 unspecified atom stereocenters. The maximum atomic E-state index is 13.3. The van der Waals surface area contributed by atoms with Gasteiger partial charge in [0.15, 0.2) is 0 Å². The van der Waals surface area contributed by atoms with Crippen LogP contribution in [0.3, 0.4) is 0 Å². The SMILES string of the molecule is NC(Cc1cc(F)cc(Br)c1)C1CCCCC1C(F)(F)F. The van der Waals surface area contributed by atoms with Crippen LogP contribution < -0.4 is 5.73 Å². The first-order chi connectivity index (χ1) is 9.77. The van der Waals surface area contributed by atoms with E-state index in [0.717, 1.165) is 6.42 Å². The Balaban J connectivity index is 2.12. The average molecular weight is 368 g/mol. The second-order valence-electron chi connectivity index (χ2n) is 5.74. The standard InChI is InChI=1S/C15H18BrF4N/c16-10-5-9(6-11(17)8-10)7-14(21)12-3-1-2-4-13(12)15(18,19)20/h5-6,8,12-14H,1-4,7,21H2. The molecule has 1 saturated carbocycles. The first-order valence-electron chi connectivity index (χ1n) is 7.04. The molecule has 0 aromatic heterocycles. The Kier molecular flexibility index (Phi) is 5.30. The molecule has 0 radical (unpaired) electrons. The molecule has 1 aromatic carbocycles. The van der Waals surface area contributed by atoms with Gasteiger partial charge in [-0.3, -0.25) is 0 Å². The van der Waals surface area contributed by atoms with Crippen molar-refractivity contribution in [2.45, 2.75) is 44.3 Å². The highest BCUT2D eigenvalue weighted by Gasteiger charge is 2.47. The zero-order valence-electron chi connectivity index (χ0n) is 11.5. The predicted molar refractivity (Wildman–Crippen MR) is 77.3 cm³/mol. The number of rotatable bonds is 3. The second kappa shape index (κ2) is 6.65. The Labute approximate surface area is 130 Å². The van der Waals surface area contributed by atoms with Crippen molar-refractivity contribution in [2.75, 3.05) is 0 Å². The molecule has 0 aliphatic heterocycles. The Bertz CT molecular complexity index is 469. The van der Waals surface area contributed by atoms with E-state index in [9.17, 15) is 17.6 Å². The third-order valence-corrected chi connectivity index (χ3v) is 4.64. The van der Waals surface area contributed by atoms with Crippen molar-refractivity contribution in [3.63, 3.8) is 0 Å². The molecule has 6 heteroatoms. The van der Waals surface area contributed by atoms with Crippen LogP contribution in [-0.4, -0.2) is 12.2 Å². The number of nitrogens with two attached hydrogens (primary N) is 1. The molecular formula is C15H18BrF4N. The van der Waals surface area contributed by atoms with Crippen molar-refractivity contribution < 1.29 is 17.6 Å². The molecule has 21 heavy (non-hydrogen) atoms. The quantitative estimate of drug-likeness (QED) is 0.761. The van der Waals surface area contributed by atoms with Gasteiger partial charge in [0.2, 0.25) is 0 Å². The summed E-state index contributed by atoms with van der Waals surface area (Å²) in [4.78, 5) is 0. The summed E-state index contributed by atoms with van der Waals surface area (Å²) < 4.78 is 53.2. The summed E-state index contributed by atoms with van der Waals surface area (Å²) in [7, 11) is 0. The Hall–Kier alpha value is -0.620. The van der Waals surface area contributed by atoms with E-state index in [1.165, 1.54) is 12.1 Å². The van der Waals surface area contributed by atoms with Gasteiger partial charge in [-0.15, -0.1) is 0 Å². The molecule has 1 aliphatic rings. The maximum Gasteiger partial charge on any atom is 0.392 e. The van der Waals surface area contributed by atoms with Crippen LogP contribution in [-0.2, 0) is 6.42 Å². The Morgan fingerprint density at radius 2 is 1.86 bits per heavy atom. The van der Waals surface area contributed by atoms with Gasteiger partial charge < -0.3 is 5.73 Å². The second-order valence-corrected chi connectivity index (χ2v) is 6.66. The Morgan fingerprint density at radius 3 is 2.48 bits per heavy atom. The summed E-state index contributed by atoms with van der Waals surface area (Å²) in [5.74, 6) is -2.33. The topological polar surface area (TPSA) is 26.0 Å². The molecule has 0 heterocycles. The minimum absolute atomic E-state index is 0.148. The van der Waals surface area contributed by atoms with E-state index in [1.807, 2.05) is 0 Å². The molecule has 3 atom stereocenters. The molecule has 0 spiro atoms. The van der Waals surface area contributed by atoms with Crippen molar-refractivity contribution in [3.05, 3.63) is 34.1 Å². The van der Waals surface area contributed by atoms with E-state index in [1.54, 1.807) is 6.07 Å². The van der Waals surface area contributed by atoms with E-state index in [0.29, 0.717) is 22.9 Å². The fraction of sp³-hybridized carbons (Fsp3) is 0.600. The number of hydrogen-bond donors (Lipinski definition) is 1. The van der Waals surface area contributed by atoms with Crippen LogP contribution >= 0.6 is 15.9 Å². The van der Waals surface area contributed by atoms with Gasteiger partial charge in [0.05, 0.1) is 5.92 Å². The summed E-state index contributed by atoms with van der Waals surface area (Å²) in [6, 6.07) is 3.74. The molecule has 1 aliphatic carbocycles. The highest BCUT2D eigenvalue weighted by Crippen LogP contribution is 2.43. The fourth-order valence-corrected chi connectivity index (χ4v) is 3.74. The third kappa shape index (κ3) is 4.42. The molecule has 2 N–H and O–H groups in total. The maximum absolute atomic E-state index is 13.3. The number of hydrogen-bond acceptors (Lipinski definition) is 1. The summed E-state index contributed by atoms with van der Waals surface area (Å²) in [6.45, 7) is 0. The van der Waals surface area contributed by atoms with Crippen molar-refractivity contribution in [1.82, 2.24) is 0 Å². The molecule has 1 aromatic rings. The third-order valence-electron chi connectivity index (χ3n) is 4.18. The highest BCUT2D eigenvalue weighted by atomic mass is 79.9. The van der Waals surface area contributed by atoms with Gasteiger partial charge in [0.25, 0.3) is 0 Å². The smallest absolute Gasteiger partial charge is 0.327 e. The van der Waals surface area contributed by atoms with Crippen molar-refractivity contribution in [3.8, 4) is 0 Å². The largest absolute Gasteiger partial charge is 0.392 e. The molecule has 118 valence electrons. The minimum atomic E-state index is -4.20. The van der Waals surface area contributed by atoms with Crippen molar-refractivity contribution in [1.29, 1.82) is 0 Å². The highest BCUT2D eigenvalue weighted by molar-refractivity contribution is 9.10. The van der Waals surface area contributed by atoms with E-state index >= 15 is 0 Å². The van der Waals surface area contributed by atoms with Crippen LogP contribution in [0.15, 0.2) is 22.7 Å². The molecule has 0 saturated heterocycles. The van der Waals surface area contributed by atoms with Crippen LogP contribution in [0, 0.1) is 17.7 Å².